The number of benzene rings is 1. The number of halogens is 1. The zero-order valence-corrected chi connectivity index (χ0v) is 10.6. The molecular weight excluding hydrogens is 240 g/mol. The van der Waals surface area contributed by atoms with E-state index in [-0.39, 0.29) is 0 Å². The van der Waals surface area contributed by atoms with Crippen LogP contribution < -0.4 is 10.2 Å². The molecule has 0 unspecified atom stereocenters. The summed E-state index contributed by atoms with van der Waals surface area (Å²) >= 11 is 3.58. The molecule has 0 amide bonds. The fourth-order valence-electron chi connectivity index (χ4n) is 1.29. The van der Waals surface area contributed by atoms with Crippen LogP contribution >= 0.6 is 15.9 Å². The van der Waals surface area contributed by atoms with Crippen LogP contribution in [0.5, 0.6) is 0 Å². The molecule has 0 radical (unpaired) electrons. The van der Waals surface area contributed by atoms with Gasteiger partial charge in [-0.3, -0.25) is 0 Å². The maximum atomic E-state index is 3.58. The molecule has 0 saturated heterocycles. The summed E-state index contributed by atoms with van der Waals surface area (Å²) in [5.41, 5.74) is 2.54. The molecule has 1 aromatic rings. The third-order valence-corrected chi connectivity index (χ3v) is 3.06. The molecule has 2 nitrogen and oxygen atoms in total. The predicted molar refractivity (Wildman–Crippen MR) is 65.8 cm³/mol. The first-order valence-electron chi connectivity index (χ1n) is 4.83. The largest absolute Gasteiger partial charge is 0.375 e. The molecule has 14 heavy (non-hydrogen) atoms. The third kappa shape index (κ3) is 2.72. The maximum absolute atomic E-state index is 3.58. The molecule has 0 aliphatic rings. The third-order valence-electron chi connectivity index (χ3n) is 2.32. The smallest absolute Gasteiger partial charge is 0.0375 e. The van der Waals surface area contributed by atoms with E-state index in [2.05, 4.69) is 58.3 Å². The summed E-state index contributed by atoms with van der Waals surface area (Å²) in [7, 11) is 4.05. The fraction of sp³-hybridized carbons (Fsp3) is 0.455. The monoisotopic (exact) mass is 256 g/mol. The zero-order chi connectivity index (χ0) is 10.6. The Morgan fingerprint density at radius 3 is 2.64 bits per heavy atom. The van der Waals surface area contributed by atoms with Crippen molar-refractivity contribution in [2.45, 2.75) is 13.5 Å². The molecule has 0 saturated carbocycles. The average Bonchev–Trinajstić information content (AvgIpc) is 2.20. The van der Waals surface area contributed by atoms with E-state index in [1.54, 1.807) is 0 Å². The Labute approximate surface area is 94.4 Å². The van der Waals surface area contributed by atoms with Crippen LogP contribution in [0.1, 0.15) is 12.5 Å². The van der Waals surface area contributed by atoms with Gasteiger partial charge in [-0.1, -0.05) is 22.0 Å². The molecule has 0 fully saturated rings. The number of nitrogens with one attached hydrogen (secondary N) is 1. The van der Waals surface area contributed by atoms with Gasteiger partial charge in [0, 0.05) is 30.3 Å². The van der Waals surface area contributed by atoms with Gasteiger partial charge in [0.2, 0.25) is 0 Å². The lowest BCUT2D eigenvalue weighted by atomic mass is 10.2. The Morgan fingerprint density at radius 1 is 1.43 bits per heavy atom. The lowest BCUT2D eigenvalue weighted by Gasteiger charge is -2.17. The number of anilines is 1. The first-order valence-corrected chi connectivity index (χ1v) is 5.62. The summed E-state index contributed by atoms with van der Waals surface area (Å²) in [6, 6.07) is 6.47. The lowest BCUT2D eigenvalue weighted by molar-refractivity contribution is 0.814. The molecule has 0 atom stereocenters. The Hall–Kier alpha value is -0.540. The summed E-state index contributed by atoms with van der Waals surface area (Å²) in [6.07, 6.45) is 0. The predicted octanol–water partition coefficient (Wildman–Crippen LogP) is 2.62. The zero-order valence-electron chi connectivity index (χ0n) is 8.97. The maximum Gasteiger partial charge on any atom is 0.0375 e. The van der Waals surface area contributed by atoms with Gasteiger partial charge in [0.15, 0.2) is 0 Å². The Kier molecular flexibility index (Phi) is 4.42. The summed E-state index contributed by atoms with van der Waals surface area (Å²) in [6.45, 7) is 4.07. The van der Waals surface area contributed by atoms with Crippen molar-refractivity contribution in [1.82, 2.24) is 5.32 Å². The average molecular weight is 257 g/mol. The molecule has 0 bridgehead atoms. The van der Waals surface area contributed by atoms with E-state index in [1.807, 2.05) is 7.05 Å². The number of hydrogen-bond donors (Lipinski definition) is 1. The van der Waals surface area contributed by atoms with Gasteiger partial charge in [-0.2, -0.15) is 0 Å². The highest BCUT2D eigenvalue weighted by Gasteiger charge is 2.02. The Balaban J connectivity index is 2.88. The number of hydrogen-bond acceptors (Lipinski definition) is 2. The highest BCUT2D eigenvalue weighted by Crippen LogP contribution is 2.23. The quantitative estimate of drug-likeness (QED) is 0.892. The van der Waals surface area contributed by atoms with Gasteiger partial charge in [0.25, 0.3) is 0 Å². The van der Waals surface area contributed by atoms with Crippen LogP contribution in [0.25, 0.3) is 0 Å². The van der Waals surface area contributed by atoms with Crippen molar-refractivity contribution in [3.8, 4) is 0 Å². The molecule has 0 aromatic heterocycles. The first kappa shape index (κ1) is 11.5. The van der Waals surface area contributed by atoms with Crippen LogP contribution in [-0.4, -0.2) is 20.6 Å². The van der Waals surface area contributed by atoms with Gasteiger partial charge < -0.3 is 10.2 Å². The molecule has 0 heterocycles. The standard InChI is InChI=1S/C11H17BrN2/c1-4-14(3)10-6-5-9(8-13-2)11(12)7-10/h5-7,13H,4,8H2,1-3H3. The normalized spacial score (nSPS) is 10.3. The number of nitrogens with zero attached hydrogens (tertiary/aromatic N) is 1. The summed E-state index contributed by atoms with van der Waals surface area (Å²) in [5.74, 6) is 0. The molecule has 3 heteroatoms. The van der Waals surface area contributed by atoms with Gasteiger partial charge in [-0.05, 0) is 31.7 Å². The van der Waals surface area contributed by atoms with Crippen molar-refractivity contribution in [2.75, 3.05) is 25.5 Å². The second-order valence-corrected chi connectivity index (χ2v) is 4.17. The van der Waals surface area contributed by atoms with Crippen LogP contribution in [0.2, 0.25) is 0 Å². The van der Waals surface area contributed by atoms with Crippen molar-refractivity contribution < 1.29 is 0 Å². The topological polar surface area (TPSA) is 15.3 Å². The molecule has 1 N–H and O–H groups in total. The molecule has 0 aliphatic heterocycles. The Bertz CT molecular complexity index is 299. The summed E-state index contributed by atoms with van der Waals surface area (Å²) < 4.78 is 1.17. The van der Waals surface area contributed by atoms with Gasteiger partial charge in [0.05, 0.1) is 0 Å². The molecule has 78 valence electrons. The second-order valence-electron chi connectivity index (χ2n) is 3.32. The number of rotatable bonds is 4. The van der Waals surface area contributed by atoms with E-state index >= 15 is 0 Å². The highest BCUT2D eigenvalue weighted by molar-refractivity contribution is 9.10. The summed E-state index contributed by atoms with van der Waals surface area (Å²) in [5, 5.41) is 3.14. The lowest BCUT2D eigenvalue weighted by Crippen LogP contribution is -2.16. The van der Waals surface area contributed by atoms with E-state index in [1.165, 1.54) is 15.7 Å². The summed E-state index contributed by atoms with van der Waals surface area (Å²) in [4.78, 5) is 2.22. The SMILES string of the molecule is CCN(C)c1ccc(CNC)c(Br)c1. The van der Waals surface area contributed by atoms with Crippen LogP contribution in [0.3, 0.4) is 0 Å². The van der Waals surface area contributed by atoms with Crippen LogP contribution in [0.15, 0.2) is 22.7 Å². The minimum Gasteiger partial charge on any atom is -0.375 e. The van der Waals surface area contributed by atoms with Crippen LogP contribution in [-0.2, 0) is 6.54 Å². The van der Waals surface area contributed by atoms with Crippen molar-refractivity contribution in [1.29, 1.82) is 0 Å². The highest BCUT2D eigenvalue weighted by atomic mass is 79.9. The van der Waals surface area contributed by atoms with Gasteiger partial charge in [-0.25, -0.2) is 0 Å². The van der Waals surface area contributed by atoms with E-state index in [4.69, 9.17) is 0 Å². The Morgan fingerprint density at radius 2 is 2.14 bits per heavy atom. The van der Waals surface area contributed by atoms with Gasteiger partial charge >= 0.3 is 0 Å². The first-order chi connectivity index (χ1) is 6.69. The van der Waals surface area contributed by atoms with Crippen molar-refractivity contribution >= 4 is 21.6 Å². The molecular formula is C11H17BrN2. The van der Waals surface area contributed by atoms with E-state index in [9.17, 15) is 0 Å². The minimum absolute atomic E-state index is 0.900. The minimum atomic E-state index is 0.900. The van der Waals surface area contributed by atoms with Crippen molar-refractivity contribution in [3.05, 3.63) is 28.2 Å². The van der Waals surface area contributed by atoms with Gasteiger partial charge in [-0.15, -0.1) is 0 Å². The molecule has 1 aromatic carbocycles. The van der Waals surface area contributed by atoms with E-state index in [0.29, 0.717) is 0 Å². The van der Waals surface area contributed by atoms with Crippen molar-refractivity contribution in [2.24, 2.45) is 0 Å². The molecule has 0 spiro atoms. The van der Waals surface area contributed by atoms with Crippen LogP contribution in [0.4, 0.5) is 5.69 Å². The molecule has 0 aliphatic carbocycles. The molecule has 1 rings (SSSR count). The van der Waals surface area contributed by atoms with Crippen LogP contribution in [0, 0.1) is 0 Å². The second kappa shape index (κ2) is 5.37. The van der Waals surface area contributed by atoms with E-state index in [0.717, 1.165) is 13.1 Å². The van der Waals surface area contributed by atoms with Crippen molar-refractivity contribution in [3.63, 3.8) is 0 Å². The van der Waals surface area contributed by atoms with E-state index < -0.39 is 0 Å². The van der Waals surface area contributed by atoms with Gasteiger partial charge in [0.1, 0.15) is 0 Å². The fourth-order valence-corrected chi connectivity index (χ4v) is 1.80.